The maximum atomic E-state index is 12.5. The van der Waals surface area contributed by atoms with Gasteiger partial charge in [-0.05, 0) is 38.3 Å². The Morgan fingerprint density at radius 1 is 1.38 bits per heavy atom. The number of aromatic nitrogens is 1. The van der Waals surface area contributed by atoms with Gasteiger partial charge in [-0.1, -0.05) is 23.4 Å². The van der Waals surface area contributed by atoms with E-state index in [2.05, 4.69) is 10.5 Å². The molecule has 1 N–H and O–H groups in total. The Bertz CT molecular complexity index is 650. The highest BCUT2D eigenvalue weighted by atomic mass is 16.5. The van der Waals surface area contributed by atoms with Crippen LogP contribution in [-0.4, -0.2) is 22.6 Å². The van der Waals surface area contributed by atoms with E-state index in [4.69, 9.17) is 4.52 Å². The number of hydrogen-bond acceptors (Lipinski definition) is 3. The zero-order chi connectivity index (χ0) is 14.8. The van der Waals surface area contributed by atoms with Crippen LogP contribution in [0.2, 0.25) is 0 Å². The Balaban J connectivity index is 1.76. The van der Waals surface area contributed by atoms with E-state index in [1.165, 1.54) is 0 Å². The van der Waals surface area contributed by atoms with Gasteiger partial charge in [0.1, 0.15) is 0 Å². The number of anilines is 1. The highest BCUT2D eigenvalue weighted by molar-refractivity contribution is 5.90. The van der Waals surface area contributed by atoms with Gasteiger partial charge in [-0.2, -0.15) is 0 Å². The minimum absolute atomic E-state index is 0.0183. The fourth-order valence-corrected chi connectivity index (χ4v) is 2.75. The first-order valence-electron chi connectivity index (χ1n) is 7.21. The van der Waals surface area contributed by atoms with Crippen molar-refractivity contribution in [3.05, 3.63) is 47.3 Å². The molecular weight excluding hydrogens is 266 g/mol. The molecule has 2 heterocycles. The molecule has 0 aliphatic carbocycles. The summed E-state index contributed by atoms with van der Waals surface area (Å²) in [6.07, 6.45) is 1.89. The van der Waals surface area contributed by atoms with Gasteiger partial charge in [0.2, 0.25) is 0 Å². The highest BCUT2D eigenvalue weighted by Gasteiger charge is 2.32. The molecule has 0 bridgehead atoms. The third-order valence-electron chi connectivity index (χ3n) is 3.87. The Hall–Kier alpha value is -2.30. The standard InChI is InChI=1S/C16H19N3O2/c1-11-6-3-4-7-13(11)17-16(20)19-9-5-8-14(19)15-10-12(2)18-21-15/h3-4,6-7,10,14H,5,8-9H2,1-2H3,(H,17,20). The molecule has 21 heavy (non-hydrogen) atoms. The summed E-state index contributed by atoms with van der Waals surface area (Å²) < 4.78 is 5.33. The number of aryl methyl sites for hydroxylation is 2. The van der Waals surface area contributed by atoms with Crippen LogP contribution in [0.3, 0.4) is 0 Å². The van der Waals surface area contributed by atoms with Crippen molar-refractivity contribution in [2.45, 2.75) is 32.7 Å². The number of carbonyl (C=O) groups excluding carboxylic acids is 1. The van der Waals surface area contributed by atoms with Crippen molar-refractivity contribution in [3.8, 4) is 0 Å². The molecule has 5 heteroatoms. The average molecular weight is 285 g/mol. The number of para-hydroxylation sites is 1. The van der Waals surface area contributed by atoms with E-state index < -0.39 is 0 Å². The van der Waals surface area contributed by atoms with Crippen LogP contribution in [0.5, 0.6) is 0 Å². The van der Waals surface area contributed by atoms with Gasteiger partial charge in [0.25, 0.3) is 0 Å². The number of carbonyl (C=O) groups is 1. The minimum atomic E-state index is -0.0825. The summed E-state index contributed by atoms with van der Waals surface area (Å²) in [5, 5.41) is 6.90. The van der Waals surface area contributed by atoms with Crippen LogP contribution >= 0.6 is 0 Å². The minimum Gasteiger partial charge on any atom is -0.359 e. The second-order valence-electron chi connectivity index (χ2n) is 5.47. The van der Waals surface area contributed by atoms with Crippen LogP contribution < -0.4 is 5.32 Å². The quantitative estimate of drug-likeness (QED) is 0.916. The van der Waals surface area contributed by atoms with Gasteiger partial charge in [0, 0.05) is 18.3 Å². The van der Waals surface area contributed by atoms with Crippen molar-refractivity contribution >= 4 is 11.7 Å². The second kappa shape index (κ2) is 5.60. The van der Waals surface area contributed by atoms with Gasteiger partial charge in [0.15, 0.2) is 5.76 Å². The predicted molar refractivity (Wildman–Crippen MR) is 80.1 cm³/mol. The lowest BCUT2D eigenvalue weighted by molar-refractivity contribution is 0.195. The van der Waals surface area contributed by atoms with Gasteiger partial charge in [-0.15, -0.1) is 0 Å². The number of rotatable bonds is 2. The Morgan fingerprint density at radius 3 is 2.90 bits per heavy atom. The van der Waals surface area contributed by atoms with Crippen molar-refractivity contribution in [1.82, 2.24) is 10.1 Å². The zero-order valence-electron chi connectivity index (χ0n) is 12.3. The number of hydrogen-bond donors (Lipinski definition) is 1. The summed E-state index contributed by atoms with van der Waals surface area (Å²) in [6, 6.07) is 9.58. The molecule has 0 saturated carbocycles. The average Bonchev–Trinajstić information content (AvgIpc) is 3.09. The maximum Gasteiger partial charge on any atom is 0.322 e. The van der Waals surface area contributed by atoms with E-state index in [-0.39, 0.29) is 12.1 Å². The Kier molecular flexibility index (Phi) is 3.64. The van der Waals surface area contributed by atoms with Crippen LogP contribution in [0.4, 0.5) is 10.5 Å². The molecule has 0 radical (unpaired) electrons. The number of nitrogens with one attached hydrogen (secondary N) is 1. The summed E-state index contributed by atoms with van der Waals surface area (Å²) in [6.45, 7) is 4.61. The molecule has 0 spiro atoms. The fourth-order valence-electron chi connectivity index (χ4n) is 2.75. The zero-order valence-corrected chi connectivity index (χ0v) is 12.3. The lowest BCUT2D eigenvalue weighted by Crippen LogP contribution is -2.34. The normalized spacial score (nSPS) is 18.0. The van der Waals surface area contributed by atoms with Gasteiger partial charge in [-0.3, -0.25) is 0 Å². The van der Waals surface area contributed by atoms with Gasteiger partial charge >= 0.3 is 6.03 Å². The van der Waals surface area contributed by atoms with Crippen LogP contribution in [0.1, 0.15) is 35.9 Å². The number of likely N-dealkylation sites (tertiary alicyclic amines) is 1. The SMILES string of the molecule is Cc1cc(C2CCCN2C(=O)Nc2ccccc2C)on1. The van der Waals surface area contributed by atoms with Crippen molar-refractivity contribution in [2.24, 2.45) is 0 Å². The summed E-state index contributed by atoms with van der Waals surface area (Å²) in [7, 11) is 0. The van der Waals surface area contributed by atoms with E-state index in [9.17, 15) is 4.79 Å². The number of amides is 2. The molecule has 1 saturated heterocycles. The van der Waals surface area contributed by atoms with Crippen LogP contribution in [-0.2, 0) is 0 Å². The summed E-state index contributed by atoms with van der Waals surface area (Å²) >= 11 is 0. The van der Waals surface area contributed by atoms with Crippen molar-refractivity contribution < 1.29 is 9.32 Å². The summed E-state index contributed by atoms with van der Waals surface area (Å²) in [5.41, 5.74) is 2.75. The molecule has 1 fully saturated rings. The predicted octanol–water partition coefficient (Wildman–Crippen LogP) is 3.66. The number of urea groups is 1. The Morgan fingerprint density at radius 2 is 2.19 bits per heavy atom. The van der Waals surface area contributed by atoms with Crippen LogP contribution in [0.15, 0.2) is 34.9 Å². The lowest BCUT2D eigenvalue weighted by atomic mass is 10.1. The van der Waals surface area contributed by atoms with E-state index in [0.717, 1.165) is 42.1 Å². The van der Waals surface area contributed by atoms with Crippen molar-refractivity contribution in [2.75, 3.05) is 11.9 Å². The van der Waals surface area contributed by atoms with Crippen molar-refractivity contribution in [3.63, 3.8) is 0 Å². The van der Waals surface area contributed by atoms with E-state index in [1.807, 2.05) is 49.1 Å². The van der Waals surface area contributed by atoms with Gasteiger partial charge < -0.3 is 14.7 Å². The van der Waals surface area contributed by atoms with E-state index in [1.54, 1.807) is 0 Å². The molecule has 1 aliphatic heterocycles. The van der Waals surface area contributed by atoms with Gasteiger partial charge in [0.05, 0.1) is 11.7 Å². The molecule has 1 aliphatic rings. The third-order valence-corrected chi connectivity index (χ3v) is 3.87. The molecule has 1 aromatic heterocycles. The lowest BCUT2D eigenvalue weighted by Gasteiger charge is -2.23. The highest BCUT2D eigenvalue weighted by Crippen LogP contribution is 2.32. The number of benzene rings is 1. The molecule has 1 aromatic carbocycles. The third kappa shape index (κ3) is 2.77. The first-order valence-corrected chi connectivity index (χ1v) is 7.21. The van der Waals surface area contributed by atoms with Crippen LogP contribution in [0.25, 0.3) is 0 Å². The summed E-state index contributed by atoms with van der Waals surface area (Å²) in [4.78, 5) is 14.3. The summed E-state index contributed by atoms with van der Waals surface area (Å²) in [5.74, 6) is 0.768. The molecule has 1 atom stereocenters. The largest absolute Gasteiger partial charge is 0.359 e. The maximum absolute atomic E-state index is 12.5. The smallest absolute Gasteiger partial charge is 0.322 e. The molecule has 2 aromatic rings. The molecule has 5 nitrogen and oxygen atoms in total. The first kappa shape index (κ1) is 13.7. The fraction of sp³-hybridized carbons (Fsp3) is 0.375. The van der Waals surface area contributed by atoms with E-state index >= 15 is 0 Å². The number of nitrogens with zero attached hydrogens (tertiary/aromatic N) is 2. The monoisotopic (exact) mass is 285 g/mol. The molecule has 3 rings (SSSR count). The molecular formula is C16H19N3O2. The molecule has 110 valence electrons. The Labute approximate surface area is 123 Å². The van der Waals surface area contributed by atoms with Crippen molar-refractivity contribution in [1.29, 1.82) is 0 Å². The first-order chi connectivity index (χ1) is 10.1. The van der Waals surface area contributed by atoms with Crippen LogP contribution in [0, 0.1) is 13.8 Å². The molecule has 2 amide bonds. The second-order valence-corrected chi connectivity index (χ2v) is 5.47. The molecule has 1 unspecified atom stereocenters. The topological polar surface area (TPSA) is 58.4 Å². The van der Waals surface area contributed by atoms with E-state index in [0.29, 0.717) is 0 Å². The van der Waals surface area contributed by atoms with Gasteiger partial charge in [-0.25, -0.2) is 4.79 Å².